The Bertz CT molecular complexity index is 1110. The zero-order chi connectivity index (χ0) is 25.0. The average Bonchev–Trinajstić information content (AvgIpc) is 2.79. The molecule has 0 spiro atoms. The fourth-order valence-electron chi connectivity index (χ4n) is 3.05. The monoisotopic (exact) mass is 497 g/mol. The van der Waals surface area contributed by atoms with E-state index in [2.05, 4.69) is 5.32 Å². The number of hydrogen-bond acceptors (Lipinski definition) is 11. The van der Waals surface area contributed by atoms with Crippen molar-refractivity contribution in [1.82, 2.24) is 0 Å². The Morgan fingerprint density at radius 2 is 1.57 bits per heavy atom. The van der Waals surface area contributed by atoms with E-state index < -0.39 is 48.6 Å². The minimum absolute atomic E-state index is 0. The van der Waals surface area contributed by atoms with Gasteiger partial charge in [0, 0.05) is 6.08 Å². The molecule has 0 radical (unpaired) electrons. The fourth-order valence-corrected chi connectivity index (χ4v) is 3.05. The molecule has 0 bridgehead atoms. The number of hydrogen-bond donors (Lipinski definition) is 6. The Morgan fingerprint density at radius 1 is 0.943 bits per heavy atom. The second kappa shape index (κ2) is 12.1. The number of benzene rings is 2. The van der Waals surface area contributed by atoms with Crippen molar-refractivity contribution < 1.29 is 84.1 Å². The summed E-state index contributed by atoms with van der Waals surface area (Å²) < 4.78 is 9.77. The Morgan fingerprint density at radius 3 is 2.20 bits per heavy atom. The third-order valence-corrected chi connectivity index (χ3v) is 4.83. The second-order valence-corrected chi connectivity index (χ2v) is 7.27. The predicted octanol–water partition coefficient (Wildman–Crippen LogP) is -4.53. The van der Waals surface area contributed by atoms with Crippen LogP contribution in [0.4, 0.5) is 5.69 Å². The number of phenols is 2. The Labute approximate surface area is 220 Å². The first kappa shape index (κ1) is 28.3. The minimum atomic E-state index is -2.09. The normalized spacial score (nSPS) is 23.8. The fraction of sp³-hybridized carbons (Fsp3) is 0.227. The Hall–Kier alpha value is -2.97. The smallest absolute Gasteiger partial charge is 0.547 e. The number of esters is 1. The number of aliphatic hydroxyl groups excluding tert-OH is 3. The second-order valence-electron chi connectivity index (χ2n) is 7.27. The van der Waals surface area contributed by atoms with Crippen LogP contribution in [-0.4, -0.2) is 74.1 Å². The summed E-state index contributed by atoms with van der Waals surface area (Å²) in [6.07, 6.45) is -7.58. The molecule has 1 heterocycles. The predicted molar refractivity (Wildman–Crippen MR) is 111 cm³/mol. The van der Waals surface area contributed by atoms with E-state index in [1.54, 1.807) is 12.1 Å². The molecule has 0 aliphatic carbocycles. The van der Waals surface area contributed by atoms with Gasteiger partial charge in [0.1, 0.15) is 35.9 Å². The Balaban J connectivity index is 0.00000432. The molecule has 35 heavy (non-hydrogen) atoms. The van der Waals surface area contributed by atoms with Crippen molar-refractivity contribution in [3.05, 3.63) is 59.7 Å². The van der Waals surface area contributed by atoms with Crippen molar-refractivity contribution in [1.29, 1.82) is 0 Å². The number of nitrogens with one attached hydrogen (secondary N) is 1. The first-order valence-electron chi connectivity index (χ1n) is 9.79. The van der Waals surface area contributed by atoms with Gasteiger partial charge in [0.25, 0.3) is 0 Å². The van der Waals surface area contributed by atoms with Crippen LogP contribution in [0.1, 0.15) is 15.9 Å². The Kier molecular flexibility index (Phi) is 9.80. The summed E-state index contributed by atoms with van der Waals surface area (Å²) in [4.78, 5) is 36.0. The summed E-state index contributed by atoms with van der Waals surface area (Å²) in [7, 11) is 0. The molecule has 1 amide bonds. The number of aliphatic carboxylic acids is 1. The van der Waals surface area contributed by atoms with Crippen molar-refractivity contribution in [2.75, 3.05) is 5.32 Å². The van der Waals surface area contributed by atoms with Crippen molar-refractivity contribution in [3.63, 3.8) is 0 Å². The zero-order valence-electron chi connectivity index (χ0n) is 18.3. The van der Waals surface area contributed by atoms with Gasteiger partial charge in [0.05, 0.1) is 17.2 Å². The quantitative estimate of drug-likeness (QED) is 0.0970. The SMILES string of the molecule is O=C(/C=C/c1ccc(O)cc1)Nc1ccc(O)cc1C(=O)OC1OC(C(=O)[O-])C(O)C(O)C1O.[Na+]. The van der Waals surface area contributed by atoms with Gasteiger partial charge in [-0.25, -0.2) is 4.79 Å². The zero-order valence-corrected chi connectivity index (χ0v) is 20.3. The van der Waals surface area contributed by atoms with Crippen molar-refractivity contribution in [2.24, 2.45) is 0 Å². The van der Waals surface area contributed by atoms with Crippen molar-refractivity contribution >= 4 is 29.6 Å². The number of aliphatic hydroxyl groups is 3. The van der Waals surface area contributed by atoms with Crippen molar-refractivity contribution in [3.8, 4) is 11.5 Å². The molecule has 2 aromatic carbocycles. The van der Waals surface area contributed by atoms with E-state index in [1.807, 2.05) is 0 Å². The van der Waals surface area contributed by atoms with E-state index in [1.165, 1.54) is 30.3 Å². The van der Waals surface area contributed by atoms with Crippen LogP contribution < -0.4 is 40.0 Å². The van der Waals surface area contributed by atoms with E-state index in [-0.39, 0.29) is 52.3 Å². The molecular weight excluding hydrogens is 477 g/mol. The molecule has 5 atom stereocenters. The topological polar surface area (TPSA) is 206 Å². The first-order valence-corrected chi connectivity index (χ1v) is 9.79. The van der Waals surface area contributed by atoms with Gasteiger partial charge in [-0.05, 0) is 42.0 Å². The number of amides is 1. The molecule has 6 N–H and O–H groups in total. The number of rotatable bonds is 6. The number of aromatic hydroxyl groups is 2. The largest absolute Gasteiger partial charge is 1.00 e. The molecule has 0 aromatic heterocycles. The number of carboxylic acid groups (broad SMARTS) is 1. The van der Waals surface area contributed by atoms with Gasteiger partial charge in [0.15, 0.2) is 0 Å². The third kappa shape index (κ3) is 7.02. The van der Waals surface area contributed by atoms with Gasteiger partial charge in [0.2, 0.25) is 12.2 Å². The van der Waals surface area contributed by atoms with Gasteiger partial charge >= 0.3 is 35.5 Å². The summed E-state index contributed by atoms with van der Waals surface area (Å²) >= 11 is 0. The molecule has 1 fully saturated rings. The van der Waals surface area contributed by atoms with E-state index in [9.17, 15) is 45.0 Å². The average molecular weight is 497 g/mol. The van der Waals surface area contributed by atoms with Crippen LogP contribution in [-0.2, 0) is 19.1 Å². The first-order chi connectivity index (χ1) is 16.1. The number of anilines is 1. The molecule has 1 aliphatic heterocycles. The molecule has 3 rings (SSSR count). The van der Waals surface area contributed by atoms with Gasteiger partial charge in [-0.3, -0.25) is 4.79 Å². The van der Waals surface area contributed by atoms with Gasteiger partial charge < -0.3 is 50.2 Å². The maximum atomic E-state index is 12.7. The van der Waals surface area contributed by atoms with Crippen LogP contribution in [0.15, 0.2) is 48.5 Å². The molecule has 1 aliphatic rings. The van der Waals surface area contributed by atoms with Crippen LogP contribution in [0.25, 0.3) is 6.08 Å². The molecule has 1 saturated heterocycles. The van der Waals surface area contributed by atoms with Crippen LogP contribution in [0.3, 0.4) is 0 Å². The standard InChI is InChI=1S/C22H21NO11.Na/c24-11-4-1-10(2-5-11)3-8-15(26)23-14-7-6-12(25)9-13(14)21(32)34-22-18(29)16(27)17(28)19(33-22)20(30)31;/h1-9,16-19,22,24-25,27-29H,(H,23,26)(H,30,31);/q;+1/p-1/b8-3+;. The van der Waals surface area contributed by atoms with Gasteiger partial charge in [-0.2, -0.15) is 0 Å². The maximum absolute atomic E-state index is 12.7. The molecule has 12 nitrogen and oxygen atoms in total. The van der Waals surface area contributed by atoms with Gasteiger partial charge in [-0.1, -0.05) is 12.1 Å². The van der Waals surface area contributed by atoms with E-state index in [4.69, 9.17) is 9.47 Å². The molecule has 2 aromatic rings. The summed E-state index contributed by atoms with van der Waals surface area (Å²) in [5.74, 6) is -4.16. The number of ether oxygens (including phenoxy) is 2. The number of carboxylic acids is 1. The molecule has 0 saturated carbocycles. The number of phenolic OH excluding ortho intramolecular Hbond substituents is 2. The number of carbonyl (C=O) groups excluding carboxylic acids is 3. The minimum Gasteiger partial charge on any atom is -0.547 e. The summed E-state index contributed by atoms with van der Waals surface area (Å²) in [6, 6.07) is 9.28. The summed E-state index contributed by atoms with van der Waals surface area (Å²) in [5, 5.41) is 62.0. The van der Waals surface area contributed by atoms with Crippen LogP contribution in [0, 0.1) is 0 Å². The van der Waals surface area contributed by atoms with Gasteiger partial charge in [-0.15, -0.1) is 0 Å². The summed E-state index contributed by atoms with van der Waals surface area (Å²) in [5.41, 5.74) is 0.114. The summed E-state index contributed by atoms with van der Waals surface area (Å²) in [6.45, 7) is 0. The van der Waals surface area contributed by atoms with Crippen molar-refractivity contribution in [2.45, 2.75) is 30.7 Å². The molecule has 5 unspecified atom stereocenters. The molecular formula is C22H20NNaO11. The molecule has 180 valence electrons. The number of carbonyl (C=O) groups is 3. The van der Waals surface area contributed by atoms with Crippen LogP contribution in [0.2, 0.25) is 0 Å². The van der Waals surface area contributed by atoms with E-state index >= 15 is 0 Å². The third-order valence-electron chi connectivity index (χ3n) is 4.83. The van der Waals surface area contributed by atoms with E-state index in [0.29, 0.717) is 5.56 Å². The molecule has 13 heteroatoms. The van der Waals surface area contributed by atoms with Crippen LogP contribution in [0.5, 0.6) is 11.5 Å². The van der Waals surface area contributed by atoms with Crippen LogP contribution >= 0.6 is 0 Å². The maximum Gasteiger partial charge on any atom is 1.00 e. The van der Waals surface area contributed by atoms with E-state index in [0.717, 1.165) is 12.1 Å².